The van der Waals surface area contributed by atoms with E-state index in [9.17, 15) is 0 Å². The number of nitrogens with one attached hydrogen (secondary N) is 1. The molecule has 2 fully saturated rings. The van der Waals surface area contributed by atoms with Crippen molar-refractivity contribution in [1.29, 1.82) is 0 Å². The molecule has 0 aromatic heterocycles. The van der Waals surface area contributed by atoms with Crippen LogP contribution in [0.2, 0.25) is 0 Å². The predicted octanol–water partition coefficient (Wildman–Crippen LogP) is 3.65. The Kier molecular flexibility index (Phi) is 3.55. The maximum absolute atomic E-state index is 6.13. The first-order valence-electron chi connectivity index (χ1n) is 8.70. The average molecular weight is 285 g/mol. The summed E-state index contributed by atoms with van der Waals surface area (Å²) in [5.41, 5.74) is 3.44. The van der Waals surface area contributed by atoms with E-state index in [4.69, 9.17) is 4.74 Å². The van der Waals surface area contributed by atoms with Crippen LogP contribution in [0.25, 0.3) is 0 Å². The van der Waals surface area contributed by atoms with E-state index < -0.39 is 0 Å². The van der Waals surface area contributed by atoms with Gasteiger partial charge in [0.1, 0.15) is 0 Å². The molecule has 3 aliphatic rings. The third-order valence-corrected chi connectivity index (χ3v) is 6.25. The SMILES string of the molecule is CNC(C1CCOC2(CCC2)C1)C1CCc2ccccc21. The minimum atomic E-state index is 0.260. The average Bonchev–Trinajstić information content (AvgIpc) is 2.91. The molecule has 2 heteroatoms. The van der Waals surface area contributed by atoms with Gasteiger partial charge in [-0.3, -0.25) is 0 Å². The van der Waals surface area contributed by atoms with Crippen LogP contribution in [-0.4, -0.2) is 25.3 Å². The highest BCUT2D eigenvalue weighted by Gasteiger charge is 2.45. The van der Waals surface area contributed by atoms with Gasteiger partial charge in [-0.15, -0.1) is 0 Å². The van der Waals surface area contributed by atoms with Crippen molar-refractivity contribution in [2.75, 3.05) is 13.7 Å². The van der Waals surface area contributed by atoms with Crippen molar-refractivity contribution in [2.24, 2.45) is 5.92 Å². The number of aryl methyl sites for hydroxylation is 1. The molecular weight excluding hydrogens is 258 g/mol. The molecule has 2 aliphatic carbocycles. The predicted molar refractivity (Wildman–Crippen MR) is 85.6 cm³/mol. The lowest BCUT2D eigenvalue weighted by Crippen LogP contribution is -2.51. The molecule has 1 aromatic rings. The molecule has 1 aromatic carbocycles. The molecule has 4 rings (SSSR count). The second-order valence-corrected chi connectivity index (χ2v) is 7.30. The number of benzene rings is 1. The van der Waals surface area contributed by atoms with Crippen molar-refractivity contribution in [3.63, 3.8) is 0 Å². The first kappa shape index (κ1) is 13.8. The van der Waals surface area contributed by atoms with Crippen LogP contribution in [0.15, 0.2) is 24.3 Å². The summed E-state index contributed by atoms with van der Waals surface area (Å²) < 4.78 is 6.13. The number of fused-ring (bicyclic) bond motifs is 1. The molecule has 21 heavy (non-hydrogen) atoms. The summed E-state index contributed by atoms with van der Waals surface area (Å²) >= 11 is 0. The lowest BCUT2D eigenvalue weighted by atomic mass is 9.68. The summed E-state index contributed by atoms with van der Waals surface area (Å²) in [4.78, 5) is 0. The van der Waals surface area contributed by atoms with Gasteiger partial charge in [-0.2, -0.15) is 0 Å². The topological polar surface area (TPSA) is 21.3 Å². The third kappa shape index (κ3) is 2.33. The number of hydrogen-bond donors (Lipinski definition) is 1. The molecule has 0 amide bonds. The Bertz CT molecular complexity index is 508. The Balaban J connectivity index is 1.55. The fourth-order valence-electron chi connectivity index (χ4n) is 5.02. The quantitative estimate of drug-likeness (QED) is 0.915. The smallest absolute Gasteiger partial charge is 0.0685 e. The fraction of sp³-hybridized carbons (Fsp3) is 0.684. The molecular formula is C19H27NO. The van der Waals surface area contributed by atoms with E-state index >= 15 is 0 Å². The van der Waals surface area contributed by atoms with E-state index in [-0.39, 0.29) is 5.60 Å². The van der Waals surface area contributed by atoms with Crippen LogP contribution in [0.4, 0.5) is 0 Å². The van der Waals surface area contributed by atoms with Crippen molar-refractivity contribution in [1.82, 2.24) is 5.32 Å². The molecule has 114 valence electrons. The summed E-state index contributed by atoms with van der Waals surface area (Å²) in [5.74, 6) is 1.48. The minimum absolute atomic E-state index is 0.260. The Labute approximate surface area is 128 Å². The van der Waals surface area contributed by atoms with Crippen molar-refractivity contribution in [3.05, 3.63) is 35.4 Å². The highest BCUT2D eigenvalue weighted by Crippen LogP contribution is 2.47. The third-order valence-electron chi connectivity index (χ3n) is 6.25. The molecule has 0 bridgehead atoms. The molecule has 1 N–H and O–H groups in total. The van der Waals surface area contributed by atoms with E-state index in [0.717, 1.165) is 12.5 Å². The molecule has 1 saturated heterocycles. The van der Waals surface area contributed by atoms with Crippen molar-refractivity contribution < 1.29 is 4.74 Å². The van der Waals surface area contributed by atoms with Gasteiger partial charge < -0.3 is 10.1 Å². The second kappa shape index (κ2) is 5.40. The molecule has 3 atom stereocenters. The summed E-state index contributed by atoms with van der Waals surface area (Å²) in [5, 5.41) is 3.69. The van der Waals surface area contributed by atoms with Gasteiger partial charge in [0.25, 0.3) is 0 Å². The zero-order chi connectivity index (χ0) is 14.3. The van der Waals surface area contributed by atoms with Gasteiger partial charge in [-0.05, 0) is 69.0 Å². The molecule has 3 unspecified atom stereocenters. The molecule has 0 radical (unpaired) electrons. The van der Waals surface area contributed by atoms with Gasteiger partial charge in [0, 0.05) is 18.6 Å². The number of ether oxygens (including phenoxy) is 1. The Morgan fingerprint density at radius 3 is 2.86 bits per heavy atom. The van der Waals surface area contributed by atoms with E-state index in [2.05, 4.69) is 36.6 Å². The van der Waals surface area contributed by atoms with E-state index in [1.807, 2.05) is 0 Å². The zero-order valence-corrected chi connectivity index (χ0v) is 13.1. The van der Waals surface area contributed by atoms with Crippen molar-refractivity contribution in [2.45, 2.75) is 62.5 Å². The number of rotatable bonds is 3. The van der Waals surface area contributed by atoms with Gasteiger partial charge in [0.05, 0.1) is 5.60 Å². The number of likely N-dealkylation sites (N-methyl/N-ethyl adjacent to an activating group) is 1. The van der Waals surface area contributed by atoms with Crippen LogP contribution in [0.3, 0.4) is 0 Å². The first-order valence-corrected chi connectivity index (χ1v) is 8.70. The Morgan fingerprint density at radius 2 is 2.10 bits per heavy atom. The fourth-order valence-corrected chi connectivity index (χ4v) is 5.02. The van der Waals surface area contributed by atoms with E-state index in [1.54, 1.807) is 11.1 Å². The molecule has 1 aliphatic heterocycles. The van der Waals surface area contributed by atoms with Crippen LogP contribution >= 0.6 is 0 Å². The molecule has 1 saturated carbocycles. The maximum Gasteiger partial charge on any atom is 0.0685 e. The summed E-state index contributed by atoms with van der Waals surface area (Å²) in [6.07, 6.45) is 9.03. The van der Waals surface area contributed by atoms with Gasteiger partial charge in [-0.1, -0.05) is 24.3 Å². The molecule has 1 heterocycles. The van der Waals surface area contributed by atoms with Crippen LogP contribution in [0.1, 0.15) is 55.6 Å². The van der Waals surface area contributed by atoms with E-state index in [0.29, 0.717) is 12.0 Å². The number of hydrogen-bond acceptors (Lipinski definition) is 2. The van der Waals surface area contributed by atoms with Gasteiger partial charge >= 0.3 is 0 Å². The van der Waals surface area contributed by atoms with Crippen LogP contribution in [0.5, 0.6) is 0 Å². The monoisotopic (exact) mass is 285 g/mol. The minimum Gasteiger partial charge on any atom is -0.375 e. The summed E-state index contributed by atoms with van der Waals surface area (Å²) in [6.45, 7) is 0.969. The van der Waals surface area contributed by atoms with Crippen molar-refractivity contribution >= 4 is 0 Å². The highest BCUT2D eigenvalue weighted by atomic mass is 16.5. The summed E-state index contributed by atoms with van der Waals surface area (Å²) in [7, 11) is 2.16. The highest BCUT2D eigenvalue weighted by molar-refractivity contribution is 5.36. The lowest BCUT2D eigenvalue weighted by Gasteiger charge is -2.49. The van der Waals surface area contributed by atoms with Crippen LogP contribution < -0.4 is 5.32 Å². The maximum atomic E-state index is 6.13. The Morgan fingerprint density at radius 1 is 1.24 bits per heavy atom. The van der Waals surface area contributed by atoms with Crippen molar-refractivity contribution in [3.8, 4) is 0 Å². The van der Waals surface area contributed by atoms with Crippen LogP contribution in [-0.2, 0) is 11.2 Å². The van der Waals surface area contributed by atoms with Gasteiger partial charge in [0.2, 0.25) is 0 Å². The lowest BCUT2D eigenvalue weighted by molar-refractivity contribution is -0.147. The standard InChI is InChI=1S/C19H27NO/c1-20-18(15-9-12-21-19(13-15)10-4-11-19)17-8-7-14-5-2-3-6-16(14)17/h2-3,5-6,15,17-18,20H,4,7-13H2,1H3. The van der Waals surface area contributed by atoms with E-state index in [1.165, 1.54) is 44.9 Å². The normalized spacial score (nSPS) is 31.7. The second-order valence-electron chi connectivity index (χ2n) is 7.30. The summed E-state index contributed by atoms with van der Waals surface area (Å²) in [6, 6.07) is 9.69. The van der Waals surface area contributed by atoms with Gasteiger partial charge in [0.15, 0.2) is 0 Å². The first-order chi connectivity index (χ1) is 10.3. The molecule has 2 nitrogen and oxygen atoms in total. The van der Waals surface area contributed by atoms with Gasteiger partial charge in [-0.25, -0.2) is 0 Å². The molecule has 1 spiro atoms. The van der Waals surface area contributed by atoms with Crippen LogP contribution in [0, 0.1) is 5.92 Å². The zero-order valence-electron chi connectivity index (χ0n) is 13.1. The Hall–Kier alpha value is -0.860. The largest absolute Gasteiger partial charge is 0.375 e.